The van der Waals surface area contributed by atoms with Crippen molar-refractivity contribution in [1.29, 1.82) is 0 Å². The molecule has 4 rings (SSSR count). The third kappa shape index (κ3) is 6.20. The van der Waals surface area contributed by atoms with Gasteiger partial charge in [0.05, 0.1) is 19.1 Å². The fourth-order valence-electron chi connectivity index (χ4n) is 3.51. The summed E-state index contributed by atoms with van der Waals surface area (Å²) in [5.74, 6) is 1.37. The van der Waals surface area contributed by atoms with E-state index in [2.05, 4.69) is 53.6 Å². The van der Waals surface area contributed by atoms with E-state index in [-0.39, 0.29) is 17.1 Å². The van der Waals surface area contributed by atoms with Crippen molar-refractivity contribution in [3.63, 3.8) is 0 Å². The molecule has 0 bridgehead atoms. The van der Waals surface area contributed by atoms with Crippen molar-refractivity contribution in [2.24, 2.45) is 5.10 Å². The van der Waals surface area contributed by atoms with E-state index in [1.165, 1.54) is 17.3 Å². The number of thioether (sulfide) groups is 1. The van der Waals surface area contributed by atoms with Crippen LogP contribution in [0, 0.1) is 0 Å². The Morgan fingerprint density at radius 1 is 1.00 bits per heavy atom. The quantitative estimate of drug-likeness (QED) is 0.197. The lowest BCUT2D eigenvalue weighted by Gasteiger charge is -2.18. The number of carbonyl (C=O) groups is 1. The fraction of sp³-hybridized carbons (Fsp3) is 0.214. The summed E-state index contributed by atoms with van der Waals surface area (Å²) in [6.45, 7) is 6.52. The molecule has 1 amide bonds. The largest absolute Gasteiger partial charge is 0.497 e. The van der Waals surface area contributed by atoms with Gasteiger partial charge in [0, 0.05) is 11.3 Å². The Labute approximate surface area is 215 Å². The second kappa shape index (κ2) is 11.2. The molecule has 184 valence electrons. The summed E-state index contributed by atoms with van der Waals surface area (Å²) in [7, 11) is 1.63. The molecule has 0 saturated heterocycles. The SMILES string of the molecule is COc1ccc(-n2c(SCC(=O)N/N=C/c3ccc(C(C)(C)C)cc3)nnc2-c2ccccc2)cc1. The first kappa shape index (κ1) is 25.2. The van der Waals surface area contributed by atoms with E-state index < -0.39 is 0 Å². The van der Waals surface area contributed by atoms with Crippen LogP contribution in [0.3, 0.4) is 0 Å². The fourth-order valence-corrected chi connectivity index (χ4v) is 4.26. The van der Waals surface area contributed by atoms with Crippen LogP contribution in [0.1, 0.15) is 31.9 Å². The van der Waals surface area contributed by atoms with Crippen molar-refractivity contribution in [3.05, 3.63) is 90.0 Å². The number of hydrogen-bond acceptors (Lipinski definition) is 6. The number of hydrogen-bond donors (Lipinski definition) is 1. The molecule has 36 heavy (non-hydrogen) atoms. The molecule has 0 atom stereocenters. The Balaban J connectivity index is 1.45. The zero-order valence-corrected chi connectivity index (χ0v) is 21.6. The summed E-state index contributed by atoms with van der Waals surface area (Å²) in [6.07, 6.45) is 1.64. The summed E-state index contributed by atoms with van der Waals surface area (Å²) in [5.41, 5.74) is 6.66. The molecule has 0 unspecified atom stereocenters. The van der Waals surface area contributed by atoms with E-state index in [0.29, 0.717) is 11.0 Å². The van der Waals surface area contributed by atoms with Crippen LogP contribution >= 0.6 is 11.8 Å². The molecule has 0 spiro atoms. The van der Waals surface area contributed by atoms with Gasteiger partial charge in [0.1, 0.15) is 5.75 Å². The molecule has 0 aliphatic carbocycles. The van der Waals surface area contributed by atoms with E-state index >= 15 is 0 Å². The number of carbonyl (C=O) groups excluding carboxylic acids is 1. The molecule has 4 aromatic rings. The number of ether oxygens (including phenoxy) is 1. The summed E-state index contributed by atoms with van der Waals surface area (Å²) in [5, 5.41) is 13.5. The monoisotopic (exact) mass is 499 g/mol. The average Bonchev–Trinajstić information content (AvgIpc) is 3.32. The molecule has 0 saturated carbocycles. The highest BCUT2D eigenvalue weighted by atomic mass is 32.2. The van der Waals surface area contributed by atoms with E-state index in [1.807, 2.05) is 71.3 Å². The van der Waals surface area contributed by atoms with Crippen LogP contribution in [0.5, 0.6) is 5.75 Å². The normalized spacial score (nSPS) is 11.6. The van der Waals surface area contributed by atoms with Crippen molar-refractivity contribution in [1.82, 2.24) is 20.2 Å². The Morgan fingerprint density at radius 3 is 2.33 bits per heavy atom. The van der Waals surface area contributed by atoms with Crippen molar-refractivity contribution in [2.75, 3.05) is 12.9 Å². The highest BCUT2D eigenvalue weighted by Crippen LogP contribution is 2.28. The predicted octanol–water partition coefficient (Wildman–Crippen LogP) is 5.48. The van der Waals surface area contributed by atoms with E-state index in [1.54, 1.807) is 13.3 Å². The van der Waals surface area contributed by atoms with Crippen LogP contribution in [0.25, 0.3) is 17.1 Å². The van der Waals surface area contributed by atoms with Crippen molar-refractivity contribution in [3.8, 4) is 22.8 Å². The molecule has 3 aromatic carbocycles. The Bertz CT molecular complexity index is 1330. The molecule has 1 heterocycles. The Hall–Kier alpha value is -3.91. The van der Waals surface area contributed by atoms with Crippen molar-refractivity contribution < 1.29 is 9.53 Å². The van der Waals surface area contributed by atoms with E-state index in [9.17, 15) is 4.79 Å². The summed E-state index contributed by atoms with van der Waals surface area (Å²) in [6, 6.07) is 25.6. The lowest BCUT2D eigenvalue weighted by Crippen LogP contribution is -2.20. The van der Waals surface area contributed by atoms with Crippen molar-refractivity contribution >= 4 is 23.9 Å². The Kier molecular flexibility index (Phi) is 7.85. The van der Waals surface area contributed by atoms with Crippen LogP contribution in [0.15, 0.2) is 89.1 Å². The summed E-state index contributed by atoms with van der Waals surface area (Å²) in [4.78, 5) is 12.5. The van der Waals surface area contributed by atoms with Crippen LogP contribution in [-0.2, 0) is 10.2 Å². The third-order valence-electron chi connectivity index (χ3n) is 5.51. The van der Waals surface area contributed by atoms with Gasteiger partial charge in [-0.05, 0) is 40.8 Å². The first-order valence-corrected chi connectivity index (χ1v) is 12.5. The van der Waals surface area contributed by atoms with Gasteiger partial charge in [0.2, 0.25) is 0 Å². The first-order chi connectivity index (χ1) is 17.3. The second-order valence-corrected chi connectivity index (χ2v) is 10.1. The number of rotatable bonds is 8. The topological polar surface area (TPSA) is 81.4 Å². The Morgan fingerprint density at radius 2 is 1.69 bits per heavy atom. The molecule has 0 aliphatic rings. The summed E-state index contributed by atoms with van der Waals surface area (Å²) >= 11 is 1.30. The maximum Gasteiger partial charge on any atom is 0.250 e. The van der Waals surface area contributed by atoms with Gasteiger partial charge in [-0.2, -0.15) is 5.10 Å². The van der Waals surface area contributed by atoms with Gasteiger partial charge in [0.25, 0.3) is 5.91 Å². The van der Waals surface area contributed by atoms with E-state index in [0.717, 1.165) is 22.6 Å². The maximum atomic E-state index is 12.5. The van der Waals surface area contributed by atoms with Gasteiger partial charge < -0.3 is 4.74 Å². The third-order valence-corrected chi connectivity index (χ3v) is 6.44. The number of nitrogens with zero attached hydrogens (tertiary/aromatic N) is 4. The second-order valence-electron chi connectivity index (χ2n) is 9.16. The minimum Gasteiger partial charge on any atom is -0.497 e. The first-order valence-electron chi connectivity index (χ1n) is 11.6. The van der Waals surface area contributed by atoms with E-state index in [4.69, 9.17) is 4.74 Å². The molecule has 1 aromatic heterocycles. The minimum absolute atomic E-state index is 0.0911. The van der Waals surface area contributed by atoms with Gasteiger partial charge >= 0.3 is 0 Å². The number of hydrazone groups is 1. The minimum atomic E-state index is -0.229. The number of amides is 1. The van der Waals surface area contributed by atoms with Gasteiger partial charge in [0.15, 0.2) is 11.0 Å². The molecule has 0 radical (unpaired) electrons. The van der Waals surface area contributed by atoms with Gasteiger partial charge in [-0.1, -0.05) is 87.1 Å². The predicted molar refractivity (Wildman–Crippen MR) is 145 cm³/mol. The van der Waals surface area contributed by atoms with Crippen LogP contribution in [0.4, 0.5) is 0 Å². The molecular formula is C28H29N5O2S. The zero-order valence-electron chi connectivity index (χ0n) is 20.8. The number of benzene rings is 3. The van der Waals surface area contributed by atoms with Crippen LogP contribution < -0.4 is 10.2 Å². The average molecular weight is 500 g/mol. The lowest BCUT2D eigenvalue weighted by molar-refractivity contribution is -0.118. The number of nitrogens with one attached hydrogen (secondary N) is 1. The standard InChI is InChI=1S/C28H29N5O2S/c1-28(2,3)22-12-10-20(11-13-22)18-29-30-25(34)19-36-27-32-31-26(21-8-6-5-7-9-21)33(27)23-14-16-24(35-4)17-15-23/h5-18H,19H2,1-4H3,(H,30,34)/b29-18+. The lowest BCUT2D eigenvalue weighted by atomic mass is 9.87. The van der Waals surface area contributed by atoms with Crippen molar-refractivity contribution in [2.45, 2.75) is 31.3 Å². The molecule has 7 nitrogen and oxygen atoms in total. The highest BCUT2D eigenvalue weighted by molar-refractivity contribution is 7.99. The molecule has 1 N–H and O–H groups in total. The highest BCUT2D eigenvalue weighted by Gasteiger charge is 2.17. The van der Waals surface area contributed by atoms with Gasteiger partial charge in [-0.25, -0.2) is 5.43 Å². The molecule has 0 aliphatic heterocycles. The van der Waals surface area contributed by atoms with Gasteiger partial charge in [-0.15, -0.1) is 10.2 Å². The van der Waals surface area contributed by atoms with Gasteiger partial charge in [-0.3, -0.25) is 9.36 Å². The number of methoxy groups -OCH3 is 1. The molecule has 0 fully saturated rings. The number of aromatic nitrogens is 3. The smallest absolute Gasteiger partial charge is 0.250 e. The molecule has 8 heteroatoms. The zero-order chi connectivity index (χ0) is 25.5. The summed E-state index contributed by atoms with van der Waals surface area (Å²) < 4.78 is 7.23. The molecular weight excluding hydrogens is 470 g/mol. The maximum absolute atomic E-state index is 12.5. The van der Waals surface area contributed by atoms with Crippen LogP contribution in [-0.4, -0.2) is 39.7 Å². The van der Waals surface area contributed by atoms with Crippen LogP contribution in [0.2, 0.25) is 0 Å².